The lowest BCUT2D eigenvalue weighted by Crippen LogP contribution is -2.35. The molecule has 0 spiro atoms. The molecule has 1 aromatic rings. The first-order valence-corrected chi connectivity index (χ1v) is 7.66. The van der Waals surface area contributed by atoms with Gasteiger partial charge >= 0.3 is 0 Å². The summed E-state index contributed by atoms with van der Waals surface area (Å²) in [7, 11) is -4.10. The zero-order valence-corrected chi connectivity index (χ0v) is 12.0. The third-order valence-electron chi connectivity index (χ3n) is 3.33. The molecular formula is C12H13N3O5S. The Labute approximate surface area is 121 Å². The van der Waals surface area contributed by atoms with Crippen molar-refractivity contribution in [1.29, 1.82) is 0 Å². The first-order chi connectivity index (χ1) is 9.89. The molecule has 1 aliphatic heterocycles. The number of benzene rings is 1. The molecule has 0 N–H and O–H groups in total. The monoisotopic (exact) mass is 311 g/mol. The van der Waals surface area contributed by atoms with Crippen LogP contribution in [-0.2, 0) is 14.8 Å². The van der Waals surface area contributed by atoms with E-state index in [2.05, 4.69) is 4.99 Å². The number of aryl methyl sites for hydroxylation is 1. The predicted molar refractivity (Wildman–Crippen MR) is 72.9 cm³/mol. The number of carbonyl (C=O) groups excluding carboxylic acids is 1. The maximum Gasteiger partial charge on any atom is 0.289 e. The highest BCUT2D eigenvalue weighted by Crippen LogP contribution is 2.33. The summed E-state index contributed by atoms with van der Waals surface area (Å²) in [6.07, 6.45) is 1.44. The summed E-state index contributed by atoms with van der Waals surface area (Å²) in [5.74, 6) is 0. The molecule has 0 bridgehead atoms. The van der Waals surface area contributed by atoms with Gasteiger partial charge in [-0.1, -0.05) is 12.1 Å². The number of nitro groups is 1. The van der Waals surface area contributed by atoms with E-state index in [1.165, 1.54) is 25.1 Å². The summed E-state index contributed by atoms with van der Waals surface area (Å²) in [5, 5.41) is 11.1. The van der Waals surface area contributed by atoms with Crippen LogP contribution in [0.1, 0.15) is 18.4 Å². The largest absolute Gasteiger partial charge is 0.289 e. The van der Waals surface area contributed by atoms with Gasteiger partial charge in [0.15, 0.2) is 4.90 Å². The molecule has 2 rings (SSSR count). The van der Waals surface area contributed by atoms with Crippen LogP contribution >= 0.6 is 0 Å². The molecule has 0 saturated carbocycles. The second kappa shape index (κ2) is 5.72. The van der Waals surface area contributed by atoms with Crippen molar-refractivity contribution in [3.63, 3.8) is 0 Å². The molecule has 1 aromatic carbocycles. The Kier molecular flexibility index (Phi) is 4.17. The molecule has 0 radical (unpaired) electrons. The van der Waals surface area contributed by atoms with E-state index in [0.29, 0.717) is 12.8 Å². The number of nitrogens with zero attached hydrogens (tertiary/aromatic N) is 3. The van der Waals surface area contributed by atoms with Gasteiger partial charge in [-0.3, -0.25) is 10.1 Å². The Bertz CT molecular complexity index is 724. The fourth-order valence-corrected chi connectivity index (χ4v) is 4.39. The fraction of sp³-hybridized carbons (Fsp3) is 0.417. The van der Waals surface area contributed by atoms with E-state index < -0.39 is 26.8 Å². The average Bonchev–Trinajstić information content (AvgIpc) is 2.87. The van der Waals surface area contributed by atoms with Crippen molar-refractivity contribution >= 4 is 21.8 Å². The molecule has 1 atom stereocenters. The summed E-state index contributed by atoms with van der Waals surface area (Å²) in [6.45, 7) is 1.66. The van der Waals surface area contributed by atoms with E-state index >= 15 is 0 Å². The van der Waals surface area contributed by atoms with Crippen LogP contribution in [0, 0.1) is 17.0 Å². The third-order valence-corrected chi connectivity index (χ3v) is 5.42. The minimum absolute atomic E-state index is 0.170. The molecule has 1 fully saturated rings. The molecule has 0 aliphatic carbocycles. The van der Waals surface area contributed by atoms with Crippen LogP contribution in [0.15, 0.2) is 28.1 Å². The average molecular weight is 311 g/mol. The Morgan fingerprint density at radius 3 is 2.81 bits per heavy atom. The van der Waals surface area contributed by atoms with Crippen LogP contribution < -0.4 is 0 Å². The molecule has 0 amide bonds. The quantitative estimate of drug-likeness (QED) is 0.361. The Morgan fingerprint density at radius 1 is 1.48 bits per heavy atom. The van der Waals surface area contributed by atoms with E-state index in [4.69, 9.17) is 0 Å². The molecular weight excluding hydrogens is 298 g/mol. The van der Waals surface area contributed by atoms with Gasteiger partial charge in [0.2, 0.25) is 6.08 Å². The molecule has 112 valence electrons. The smallest absolute Gasteiger partial charge is 0.258 e. The Hall–Kier alpha value is -2.09. The summed E-state index contributed by atoms with van der Waals surface area (Å²) < 4.78 is 26.4. The number of hydrogen-bond donors (Lipinski definition) is 0. The van der Waals surface area contributed by atoms with Gasteiger partial charge in [0, 0.05) is 12.6 Å². The van der Waals surface area contributed by atoms with Gasteiger partial charge in [-0.25, -0.2) is 13.2 Å². The number of aliphatic imine (C=N–C) groups is 1. The van der Waals surface area contributed by atoms with Crippen molar-refractivity contribution in [3.05, 3.63) is 33.9 Å². The first kappa shape index (κ1) is 15.3. The number of nitro benzene ring substituents is 1. The van der Waals surface area contributed by atoms with Crippen LogP contribution in [0.2, 0.25) is 0 Å². The van der Waals surface area contributed by atoms with Crippen LogP contribution in [0.4, 0.5) is 5.69 Å². The SMILES string of the molecule is Cc1cccc([N+](=O)[O-])c1S(=O)(=O)N1CCCC1N=C=O. The van der Waals surface area contributed by atoms with Crippen LogP contribution in [0.25, 0.3) is 0 Å². The fourth-order valence-electron chi connectivity index (χ4n) is 2.43. The zero-order chi connectivity index (χ0) is 15.6. The molecule has 1 saturated heterocycles. The second-order valence-corrected chi connectivity index (χ2v) is 6.47. The Balaban J connectivity index is 2.60. The van der Waals surface area contributed by atoms with Gasteiger partial charge in [0.1, 0.15) is 6.17 Å². The topological polar surface area (TPSA) is 110 Å². The van der Waals surface area contributed by atoms with E-state index in [0.717, 1.165) is 10.4 Å². The highest BCUT2D eigenvalue weighted by atomic mass is 32.2. The minimum atomic E-state index is -4.10. The second-order valence-electron chi connectivity index (χ2n) is 4.64. The van der Waals surface area contributed by atoms with Crippen molar-refractivity contribution in [3.8, 4) is 0 Å². The summed E-state index contributed by atoms with van der Waals surface area (Å²) in [4.78, 5) is 23.9. The lowest BCUT2D eigenvalue weighted by atomic mass is 10.2. The standard InChI is InChI=1S/C12H13N3O5S/c1-9-4-2-5-10(15(17)18)12(9)21(19,20)14-7-3-6-11(14)13-8-16/h2,4-5,11H,3,6-7H2,1H3. The van der Waals surface area contributed by atoms with Crippen molar-refractivity contribution in [1.82, 2.24) is 4.31 Å². The van der Waals surface area contributed by atoms with Gasteiger partial charge in [-0.2, -0.15) is 9.30 Å². The highest BCUT2D eigenvalue weighted by molar-refractivity contribution is 7.89. The van der Waals surface area contributed by atoms with E-state index in [1.807, 2.05) is 0 Å². The molecule has 8 nitrogen and oxygen atoms in total. The molecule has 1 aliphatic rings. The molecule has 1 unspecified atom stereocenters. The van der Waals surface area contributed by atoms with Crippen molar-refractivity contribution in [2.45, 2.75) is 30.8 Å². The third kappa shape index (κ3) is 2.71. The van der Waals surface area contributed by atoms with Gasteiger partial charge in [0.25, 0.3) is 15.7 Å². The van der Waals surface area contributed by atoms with Crippen LogP contribution in [0.5, 0.6) is 0 Å². The zero-order valence-electron chi connectivity index (χ0n) is 11.2. The molecule has 0 aromatic heterocycles. The van der Waals surface area contributed by atoms with Crippen LogP contribution in [-0.4, -0.2) is 36.4 Å². The molecule has 9 heteroatoms. The lowest BCUT2D eigenvalue weighted by Gasteiger charge is -2.20. The Morgan fingerprint density at radius 2 is 2.19 bits per heavy atom. The van der Waals surface area contributed by atoms with Crippen molar-refractivity contribution in [2.24, 2.45) is 4.99 Å². The van der Waals surface area contributed by atoms with Crippen LogP contribution in [0.3, 0.4) is 0 Å². The molecule has 21 heavy (non-hydrogen) atoms. The highest BCUT2D eigenvalue weighted by Gasteiger charge is 2.39. The lowest BCUT2D eigenvalue weighted by molar-refractivity contribution is -0.387. The number of sulfonamides is 1. The molecule has 1 heterocycles. The van der Waals surface area contributed by atoms with Gasteiger partial charge < -0.3 is 0 Å². The number of rotatable bonds is 4. The summed E-state index contributed by atoms with van der Waals surface area (Å²) in [5.41, 5.74) is -0.194. The van der Waals surface area contributed by atoms with E-state index in [1.54, 1.807) is 0 Å². The van der Waals surface area contributed by atoms with E-state index in [9.17, 15) is 23.3 Å². The number of hydrogen-bond acceptors (Lipinski definition) is 6. The van der Waals surface area contributed by atoms with Crippen molar-refractivity contribution in [2.75, 3.05) is 6.54 Å². The maximum absolute atomic E-state index is 12.7. The van der Waals surface area contributed by atoms with E-state index in [-0.39, 0.29) is 17.0 Å². The summed E-state index contributed by atoms with van der Waals surface area (Å²) >= 11 is 0. The maximum atomic E-state index is 12.7. The van der Waals surface area contributed by atoms with Crippen molar-refractivity contribution < 1.29 is 18.1 Å². The summed E-state index contributed by atoms with van der Waals surface area (Å²) in [6, 6.07) is 4.07. The predicted octanol–water partition coefficient (Wildman–Crippen LogP) is 1.35. The normalized spacial score (nSPS) is 19.2. The van der Waals surface area contributed by atoms with Gasteiger partial charge in [0.05, 0.1) is 4.92 Å². The van der Waals surface area contributed by atoms with Gasteiger partial charge in [-0.05, 0) is 25.3 Å². The minimum Gasteiger partial charge on any atom is -0.258 e. The first-order valence-electron chi connectivity index (χ1n) is 6.22. The number of isocyanates is 1. The van der Waals surface area contributed by atoms with Gasteiger partial charge in [-0.15, -0.1) is 0 Å².